The minimum atomic E-state index is -3.91. The average Bonchev–Trinajstić information content (AvgIpc) is 2.87. The van der Waals surface area contributed by atoms with Gasteiger partial charge in [-0.15, -0.1) is 0 Å². The molecule has 0 aromatic heterocycles. The lowest BCUT2D eigenvalue weighted by molar-refractivity contribution is 0.309. The topological polar surface area (TPSA) is 83.8 Å². The molecule has 6 heteroatoms. The van der Waals surface area contributed by atoms with Crippen LogP contribution in [0.1, 0.15) is 86.0 Å². The van der Waals surface area contributed by atoms with Crippen LogP contribution in [0.15, 0.2) is 72.8 Å². The molecule has 0 spiro atoms. The van der Waals surface area contributed by atoms with E-state index in [1.165, 1.54) is 22.3 Å². The van der Waals surface area contributed by atoms with Gasteiger partial charge in [-0.1, -0.05) is 67.9 Å². The van der Waals surface area contributed by atoms with E-state index in [2.05, 4.69) is 57.2 Å². The summed E-state index contributed by atoms with van der Waals surface area (Å²) < 4.78 is 36.2. The molecule has 3 unspecified atom stereocenters. The number of benzene rings is 3. The summed E-state index contributed by atoms with van der Waals surface area (Å²) >= 11 is 0. The Hall–Kier alpha value is -2.83. The molecular weight excluding hydrogens is 484 g/mol. The summed E-state index contributed by atoms with van der Waals surface area (Å²) in [6.07, 6.45) is 4.03. The van der Waals surface area contributed by atoms with Crippen molar-refractivity contribution in [1.29, 1.82) is 0 Å². The summed E-state index contributed by atoms with van der Waals surface area (Å²) in [6, 6.07) is 24.7. The summed E-state index contributed by atoms with van der Waals surface area (Å²) in [5.74, 6) is 1.94. The van der Waals surface area contributed by atoms with Crippen LogP contribution >= 0.6 is 0 Å². The highest BCUT2D eigenvalue weighted by Crippen LogP contribution is 2.39. The molecule has 3 aromatic carbocycles. The number of aryl methyl sites for hydroxylation is 1. The first-order valence-corrected chi connectivity index (χ1v) is 14.8. The van der Waals surface area contributed by atoms with Crippen LogP contribution in [0, 0.1) is 6.92 Å². The zero-order chi connectivity index (χ0) is 26.8. The van der Waals surface area contributed by atoms with E-state index >= 15 is 0 Å². The highest BCUT2D eigenvalue weighted by Gasteiger charge is 2.22. The fraction of sp³-hybridized carbons (Fsp3) is 0.419. The number of hydrogen-bond acceptors (Lipinski definition) is 4. The van der Waals surface area contributed by atoms with Crippen molar-refractivity contribution in [3.05, 3.63) is 95.1 Å². The summed E-state index contributed by atoms with van der Waals surface area (Å²) in [5.41, 5.74) is 5.14. The molecule has 5 nitrogen and oxygen atoms in total. The Labute approximate surface area is 222 Å². The average molecular weight is 525 g/mol. The maximum absolute atomic E-state index is 10.8. The predicted molar refractivity (Wildman–Crippen MR) is 150 cm³/mol. The van der Waals surface area contributed by atoms with Gasteiger partial charge in [0, 0.05) is 0 Å². The molecule has 37 heavy (non-hydrogen) atoms. The molecule has 0 amide bonds. The molecule has 0 fully saturated rings. The highest BCUT2D eigenvalue weighted by atomic mass is 32.2. The van der Waals surface area contributed by atoms with Gasteiger partial charge in [0.1, 0.15) is 11.5 Å². The number of ether oxygens (including phenoxy) is 1. The Kier molecular flexibility index (Phi) is 10.6. The Morgan fingerprint density at radius 2 is 1.35 bits per heavy atom. The van der Waals surface area contributed by atoms with E-state index in [1.807, 2.05) is 24.3 Å². The molecule has 0 aliphatic carbocycles. The van der Waals surface area contributed by atoms with Crippen molar-refractivity contribution >= 4 is 10.1 Å². The number of aromatic hydroxyl groups is 1. The van der Waals surface area contributed by atoms with Crippen LogP contribution in [0.2, 0.25) is 0 Å². The summed E-state index contributed by atoms with van der Waals surface area (Å²) in [4.78, 5) is 0. The number of hydrogen-bond donors (Lipinski definition) is 2. The molecule has 0 bridgehead atoms. The first-order valence-electron chi connectivity index (χ1n) is 13.2. The zero-order valence-electron chi connectivity index (χ0n) is 22.1. The monoisotopic (exact) mass is 524 g/mol. The van der Waals surface area contributed by atoms with Gasteiger partial charge < -0.3 is 9.84 Å². The summed E-state index contributed by atoms with van der Waals surface area (Å²) in [7, 11) is -3.91. The van der Waals surface area contributed by atoms with E-state index in [4.69, 9.17) is 9.29 Å². The standard InChI is InChI=1S/C31H40O5S/c1-4-25(27-9-7-23(2)8-10-27)22-29(28-11-15-30(32)16-12-28)21-24(3)26-13-17-31(18-14-26)36-19-5-6-20-37(33,34)35/h7-18,24-25,29,32H,4-6,19-22H2,1-3H3,(H,33,34,35). The molecule has 3 rings (SSSR count). The van der Waals surface area contributed by atoms with E-state index in [9.17, 15) is 13.5 Å². The second kappa shape index (κ2) is 13.6. The SMILES string of the molecule is CCC(CC(CC(C)c1ccc(OCCCCS(=O)(=O)O)cc1)c1ccc(O)cc1)c1ccc(C)cc1. The number of rotatable bonds is 14. The van der Waals surface area contributed by atoms with Crippen LogP contribution in [0.5, 0.6) is 11.5 Å². The van der Waals surface area contributed by atoms with E-state index in [-0.39, 0.29) is 11.5 Å². The molecule has 0 saturated carbocycles. The van der Waals surface area contributed by atoms with Gasteiger partial charge in [-0.2, -0.15) is 8.42 Å². The lowest BCUT2D eigenvalue weighted by atomic mass is 9.78. The number of phenolic OH excluding ortho intramolecular Hbond substituents is 1. The Morgan fingerprint density at radius 1 is 0.784 bits per heavy atom. The molecule has 0 aliphatic heterocycles. The second-order valence-corrected chi connectivity index (χ2v) is 11.7. The fourth-order valence-electron chi connectivity index (χ4n) is 4.87. The number of unbranched alkanes of at least 4 members (excludes halogenated alkanes) is 1. The van der Waals surface area contributed by atoms with Gasteiger partial charge in [0.15, 0.2) is 0 Å². The van der Waals surface area contributed by atoms with Crippen LogP contribution in [-0.2, 0) is 10.1 Å². The Bertz CT molecular complexity index is 1190. The van der Waals surface area contributed by atoms with Crippen molar-refractivity contribution in [2.24, 2.45) is 0 Å². The third-order valence-electron chi connectivity index (χ3n) is 7.13. The first kappa shape index (κ1) is 28.7. The molecule has 0 saturated heterocycles. The molecule has 200 valence electrons. The summed E-state index contributed by atoms with van der Waals surface area (Å²) in [6.45, 7) is 7.03. The summed E-state index contributed by atoms with van der Waals surface area (Å²) in [5, 5.41) is 9.83. The molecule has 3 aromatic rings. The normalized spacial score (nSPS) is 14.2. The van der Waals surface area contributed by atoms with Crippen molar-refractivity contribution in [3.8, 4) is 11.5 Å². The third kappa shape index (κ3) is 9.52. The lowest BCUT2D eigenvalue weighted by Gasteiger charge is -2.27. The van der Waals surface area contributed by atoms with Crippen LogP contribution in [0.3, 0.4) is 0 Å². The van der Waals surface area contributed by atoms with Crippen molar-refractivity contribution in [3.63, 3.8) is 0 Å². The Balaban J connectivity index is 1.66. The van der Waals surface area contributed by atoms with E-state index in [1.54, 1.807) is 12.1 Å². The third-order valence-corrected chi connectivity index (χ3v) is 7.93. The van der Waals surface area contributed by atoms with Gasteiger partial charge in [0.25, 0.3) is 10.1 Å². The van der Waals surface area contributed by atoms with Gasteiger partial charge in [-0.3, -0.25) is 4.55 Å². The van der Waals surface area contributed by atoms with Crippen molar-refractivity contribution in [1.82, 2.24) is 0 Å². The molecule has 3 atom stereocenters. The van der Waals surface area contributed by atoms with Crippen LogP contribution < -0.4 is 4.74 Å². The van der Waals surface area contributed by atoms with E-state index < -0.39 is 10.1 Å². The van der Waals surface area contributed by atoms with Gasteiger partial charge in [0.05, 0.1) is 12.4 Å². The van der Waals surface area contributed by atoms with Crippen molar-refractivity contribution in [2.75, 3.05) is 12.4 Å². The second-order valence-electron chi connectivity index (χ2n) is 10.1. The molecule has 0 aliphatic rings. The Morgan fingerprint density at radius 3 is 1.95 bits per heavy atom. The largest absolute Gasteiger partial charge is 0.508 e. The van der Waals surface area contributed by atoms with Gasteiger partial charge in [-0.25, -0.2) is 0 Å². The van der Waals surface area contributed by atoms with Crippen LogP contribution in [0.4, 0.5) is 0 Å². The maximum Gasteiger partial charge on any atom is 0.264 e. The van der Waals surface area contributed by atoms with Gasteiger partial charge in [-0.05, 0) is 97.7 Å². The van der Waals surface area contributed by atoms with Crippen molar-refractivity contribution in [2.45, 2.75) is 70.6 Å². The molecule has 0 heterocycles. The minimum Gasteiger partial charge on any atom is -0.508 e. The predicted octanol–water partition coefficient (Wildman–Crippen LogP) is 7.61. The molecule has 2 N–H and O–H groups in total. The highest BCUT2D eigenvalue weighted by molar-refractivity contribution is 7.85. The van der Waals surface area contributed by atoms with E-state index in [0.717, 1.165) is 25.0 Å². The quantitative estimate of drug-likeness (QED) is 0.167. The van der Waals surface area contributed by atoms with Gasteiger partial charge >= 0.3 is 0 Å². The molecular formula is C31H40O5S. The van der Waals surface area contributed by atoms with Gasteiger partial charge in [0.2, 0.25) is 0 Å². The van der Waals surface area contributed by atoms with Crippen LogP contribution in [-0.4, -0.2) is 30.4 Å². The molecule has 0 radical (unpaired) electrons. The fourth-order valence-corrected chi connectivity index (χ4v) is 5.44. The zero-order valence-corrected chi connectivity index (χ0v) is 23.0. The van der Waals surface area contributed by atoms with E-state index in [0.29, 0.717) is 37.2 Å². The number of phenols is 1. The lowest BCUT2D eigenvalue weighted by Crippen LogP contribution is -2.10. The van der Waals surface area contributed by atoms with Crippen molar-refractivity contribution < 1.29 is 22.8 Å². The smallest absolute Gasteiger partial charge is 0.264 e. The van der Waals surface area contributed by atoms with Crippen LogP contribution in [0.25, 0.3) is 0 Å². The first-order chi connectivity index (χ1) is 17.6. The maximum atomic E-state index is 10.8. The minimum absolute atomic E-state index is 0.238.